The summed E-state index contributed by atoms with van der Waals surface area (Å²) in [6.07, 6.45) is 0. The Labute approximate surface area is 196 Å². The van der Waals surface area contributed by atoms with Crippen LogP contribution in [-0.2, 0) is 6.54 Å². The molecule has 4 rings (SSSR count). The largest absolute Gasteiger partial charge is 0.395 e. The molecule has 0 saturated carbocycles. The van der Waals surface area contributed by atoms with Gasteiger partial charge >= 0.3 is 0 Å². The fourth-order valence-electron chi connectivity index (χ4n) is 3.61. The summed E-state index contributed by atoms with van der Waals surface area (Å²) in [5, 5.41) is 19.1. The van der Waals surface area contributed by atoms with Gasteiger partial charge in [0.25, 0.3) is 5.91 Å². The number of amides is 1. The van der Waals surface area contributed by atoms with E-state index in [1.165, 1.54) is 16.7 Å². The minimum Gasteiger partial charge on any atom is -0.395 e. The molecular weight excluding hydrogens is 434 g/mol. The van der Waals surface area contributed by atoms with Gasteiger partial charge in [0.1, 0.15) is 5.00 Å². The van der Waals surface area contributed by atoms with E-state index in [-0.39, 0.29) is 12.3 Å². The van der Waals surface area contributed by atoms with Crippen LogP contribution < -0.4 is 21.3 Å². The van der Waals surface area contributed by atoms with Crippen molar-refractivity contribution in [2.45, 2.75) is 13.5 Å². The molecule has 0 spiro atoms. The molecule has 170 valence electrons. The fourth-order valence-corrected chi connectivity index (χ4v) is 4.66. The number of aromatic nitrogens is 1. The van der Waals surface area contributed by atoms with Gasteiger partial charge in [0, 0.05) is 31.0 Å². The highest BCUT2D eigenvalue weighted by molar-refractivity contribution is 7.20. The first-order chi connectivity index (χ1) is 16.1. The topological polar surface area (TPSA) is 104 Å². The molecule has 3 aromatic carbocycles. The number of aliphatic hydroxyl groups is 1. The van der Waals surface area contributed by atoms with Crippen LogP contribution in [0, 0.1) is 0 Å². The van der Waals surface area contributed by atoms with Crippen molar-refractivity contribution >= 4 is 49.5 Å². The number of carbonyl (C=O) groups is 1. The summed E-state index contributed by atoms with van der Waals surface area (Å²) in [5.41, 5.74) is 8.89. The maximum absolute atomic E-state index is 12.1. The molecule has 8 heteroatoms. The van der Waals surface area contributed by atoms with E-state index < -0.39 is 5.91 Å². The normalized spacial score (nSPS) is 10.8. The zero-order valence-corrected chi connectivity index (χ0v) is 19.2. The Hall–Kier alpha value is -3.62. The number of thiazole rings is 1. The lowest BCUT2D eigenvalue weighted by Gasteiger charge is -2.20. The number of anilines is 4. The first-order valence-corrected chi connectivity index (χ1v) is 11.6. The third kappa shape index (κ3) is 5.24. The van der Waals surface area contributed by atoms with Crippen LogP contribution >= 0.6 is 11.3 Å². The number of nitrogens with zero attached hydrogens (tertiary/aromatic N) is 2. The summed E-state index contributed by atoms with van der Waals surface area (Å²) in [6, 6.07) is 22.4. The molecule has 33 heavy (non-hydrogen) atoms. The second-order valence-corrected chi connectivity index (χ2v) is 8.49. The minimum atomic E-state index is -0.557. The van der Waals surface area contributed by atoms with Gasteiger partial charge in [0.2, 0.25) is 0 Å². The number of aliphatic hydroxyl groups excluding tert-OH is 1. The Balaban J connectivity index is 1.55. The Morgan fingerprint density at radius 3 is 2.52 bits per heavy atom. The monoisotopic (exact) mass is 461 g/mol. The van der Waals surface area contributed by atoms with Crippen molar-refractivity contribution in [2.75, 3.05) is 35.2 Å². The van der Waals surface area contributed by atoms with E-state index in [1.54, 1.807) is 0 Å². The second-order valence-electron chi connectivity index (χ2n) is 7.51. The Bertz CT molecular complexity index is 1240. The van der Waals surface area contributed by atoms with Crippen LogP contribution in [0.15, 0.2) is 66.7 Å². The fraction of sp³-hybridized carbons (Fsp3) is 0.200. The Morgan fingerprint density at radius 2 is 1.82 bits per heavy atom. The van der Waals surface area contributed by atoms with Crippen molar-refractivity contribution < 1.29 is 9.90 Å². The van der Waals surface area contributed by atoms with E-state index in [2.05, 4.69) is 57.8 Å². The number of nitrogens with one attached hydrogen (secondary N) is 2. The van der Waals surface area contributed by atoms with Crippen LogP contribution in [0.2, 0.25) is 0 Å². The molecule has 0 bridgehead atoms. The number of nitrogens with two attached hydrogens (primary N) is 1. The van der Waals surface area contributed by atoms with E-state index in [9.17, 15) is 4.79 Å². The molecular formula is C25H27N5O2S. The van der Waals surface area contributed by atoms with Crippen molar-refractivity contribution in [1.82, 2.24) is 4.98 Å². The lowest BCUT2D eigenvalue weighted by Crippen LogP contribution is -2.17. The molecule has 0 aliphatic heterocycles. The molecule has 5 N–H and O–H groups in total. The van der Waals surface area contributed by atoms with Gasteiger partial charge in [0.05, 0.1) is 6.61 Å². The molecule has 1 heterocycles. The maximum Gasteiger partial charge on any atom is 0.270 e. The Kier molecular flexibility index (Phi) is 7.07. The standard InChI is InChI=1S/C25H27N5O2S/c1-2-30(21-12-9-18-5-3-4-6-19(18)15-21)25-29-22(23(26)32)24(33-25)28-16-17-7-10-20(11-8-17)27-13-14-31/h3-12,15,27-28,31H,2,13-14,16H2,1H3,(H2,26,32). The van der Waals surface area contributed by atoms with Crippen LogP contribution in [0.3, 0.4) is 0 Å². The van der Waals surface area contributed by atoms with Crippen LogP contribution in [0.25, 0.3) is 10.8 Å². The van der Waals surface area contributed by atoms with Crippen molar-refractivity contribution in [1.29, 1.82) is 0 Å². The number of benzene rings is 3. The van der Waals surface area contributed by atoms with Gasteiger partial charge in [-0.1, -0.05) is 53.8 Å². The number of fused-ring (bicyclic) bond motifs is 1. The third-order valence-electron chi connectivity index (χ3n) is 5.29. The van der Waals surface area contributed by atoms with Crippen molar-refractivity contribution in [3.05, 3.63) is 78.0 Å². The van der Waals surface area contributed by atoms with E-state index in [0.29, 0.717) is 29.8 Å². The predicted molar refractivity (Wildman–Crippen MR) is 137 cm³/mol. The van der Waals surface area contributed by atoms with Crippen molar-refractivity contribution in [3.63, 3.8) is 0 Å². The minimum absolute atomic E-state index is 0.0842. The van der Waals surface area contributed by atoms with Crippen molar-refractivity contribution in [2.24, 2.45) is 5.73 Å². The molecule has 1 aromatic heterocycles. The number of primary amides is 1. The van der Waals surface area contributed by atoms with Crippen LogP contribution in [-0.4, -0.2) is 35.7 Å². The molecule has 0 aliphatic carbocycles. The van der Waals surface area contributed by atoms with E-state index in [0.717, 1.165) is 22.3 Å². The van der Waals surface area contributed by atoms with Crippen molar-refractivity contribution in [3.8, 4) is 0 Å². The summed E-state index contributed by atoms with van der Waals surface area (Å²) in [6.45, 7) is 3.88. The summed E-state index contributed by atoms with van der Waals surface area (Å²) in [5.74, 6) is -0.557. The van der Waals surface area contributed by atoms with Crippen LogP contribution in [0.4, 0.5) is 21.5 Å². The van der Waals surface area contributed by atoms with Gasteiger partial charge in [0.15, 0.2) is 10.8 Å². The van der Waals surface area contributed by atoms with Gasteiger partial charge in [-0.25, -0.2) is 4.98 Å². The number of hydrogen-bond donors (Lipinski definition) is 4. The van der Waals surface area contributed by atoms with Gasteiger partial charge in [-0.3, -0.25) is 4.79 Å². The average Bonchev–Trinajstić information content (AvgIpc) is 3.26. The van der Waals surface area contributed by atoms with Crippen LogP contribution in [0.5, 0.6) is 0 Å². The summed E-state index contributed by atoms with van der Waals surface area (Å²) in [7, 11) is 0. The van der Waals surface area contributed by atoms with E-state index >= 15 is 0 Å². The summed E-state index contributed by atoms with van der Waals surface area (Å²) >= 11 is 1.42. The quantitative estimate of drug-likeness (QED) is 0.276. The highest BCUT2D eigenvalue weighted by atomic mass is 32.1. The molecule has 1 amide bonds. The van der Waals surface area contributed by atoms with Gasteiger partial charge in [-0.05, 0) is 47.5 Å². The SMILES string of the molecule is CCN(c1ccc2ccccc2c1)c1nc(C(N)=O)c(NCc2ccc(NCCO)cc2)s1. The molecule has 0 radical (unpaired) electrons. The molecule has 4 aromatic rings. The lowest BCUT2D eigenvalue weighted by molar-refractivity contribution is 0.0997. The number of rotatable bonds is 10. The molecule has 0 saturated heterocycles. The summed E-state index contributed by atoms with van der Waals surface area (Å²) < 4.78 is 0. The highest BCUT2D eigenvalue weighted by Gasteiger charge is 2.20. The zero-order chi connectivity index (χ0) is 23.2. The number of carbonyl (C=O) groups excluding carboxylic acids is 1. The molecule has 0 atom stereocenters. The van der Waals surface area contributed by atoms with Gasteiger partial charge in [-0.15, -0.1) is 0 Å². The predicted octanol–water partition coefficient (Wildman–Crippen LogP) is 4.57. The molecule has 0 aliphatic rings. The zero-order valence-electron chi connectivity index (χ0n) is 18.4. The van der Waals surface area contributed by atoms with E-state index in [4.69, 9.17) is 10.8 Å². The van der Waals surface area contributed by atoms with Crippen LogP contribution in [0.1, 0.15) is 23.0 Å². The third-order valence-corrected chi connectivity index (χ3v) is 6.33. The molecule has 0 fully saturated rings. The first kappa shape index (κ1) is 22.6. The molecule has 0 unspecified atom stereocenters. The highest BCUT2D eigenvalue weighted by Crippen LogP contribution is 2.36. The lowest BCUT2D eigenvalue weighted by atomic mass is 10.1. The van der Waals surface area contributed by atoms with Gasteiger partial charge < -0.3 is 26.4 Å². The second kappa shape index (κ2) is 10.3. The molecule has 7 nitrogen and oxygen atoms in total. The maximum atomic E-state index is 12.1. The summed E-state index contributed by atoms with van der Waals surface area (Å²) in [4.78, 5) is 18.7. The van der Waals surface area contributed by atoms with E-state index in [1.807, 2.05) is 36.4 Å². The number of hydrogen-bond acceptors (Lipinski definition) is 7. The van der Waals surface area contributed by atoms with Gasteiger partial charge in [-0.2, -0.15) is 0 Å². The smallest absolute Gasteiger partial charge is 0.270 e. The average molecular weight is 462 g/mol. The first-order valence-electron chi connectivity index (χ1n) is 10.8. The Morgan fingerprint density at radius 1 is 1.06 bits per heavy atom.